The Hall–Kier alpha value is -3.13. The first kappa shape index (κ1) is 14.8. The lowest BCUT2D eigenvalue weighted by Gasteiger charge is -2.07. The first-order chi connectivity index (χ1) is 11.2. The van der Waals surface area contributed by atoms with Gasteiger partial charge in [0.1, 0.15) is 28.8 Å². The van der Waals surface area contributed by atoms with E-state index in [0.717, 1.165) is 5.56 Å². The fraction of sp³-hybridized carbons (Fsp3) is 0.111. The lowest BCUT2D eigenvalue weighted by Crippen LogP contribution is -2.04. The molecule has 0 amide bonds. The zero-order valence-electron chi connectivity index (χ0n) is 12.1. The molecule has 0 aliphatic heterocycles. The van der Waals surface area contributed by atoms with Gasteiger partial charge < -0.3 is 9.15 Å². The highest BCUT2D eigenvalue weighted by Gasteiger charge is 2.06. The van der Waals surface area contributed by atoms with E-state index >= 15 is 0 Å². The Bertz CT molecular complexity index is 939. The maximum atomic E-state index is 12.8. The Morgan fingerprint density at radius 1 is 1.13 bits per heavy atom. The van der Waals surface area contributed by atoms with Crippen molar-refractivity contribution in [2.75, 3.05) is 6.61 Å². The van der Waals surface area contributed by atoms with Gasteiger partial charge in [0, 0.05) is 11.8 Å². The molecule has 2 aromatic carbocycles. The second-order valence-corrected chi connectivity index (χ2v) is 4.98. The molecule has 0 saturated carbocycles. The van der Waals surface area contributed by atoms with Crippen LogP contribution in [0, 0.1) is 17.1 Å². The van der Waals surface area contributed by atoms with Gasteiger partial charge in [-0.25, -0.2) is 9.18 Å². The number of fused-ring (bicyclic) bond motifs is 1. The molecule has 0 unspecified atom stereocenters. The molecule has 5 heteroatoms. The van der Waals surface area contributed by atoms with Crippen LogP contribution in [0.2, 0.25) is 0 Å². The highest BCUT2D eigenvalue weighted by molar-refractivity contribution is 5.79. The van der Waals surface area contributed by atoms with Crippen molar-refractivity contribution in [1.29, 1.82) is 5.26 Å². The monoisotopic (exact) mass is 309 g/mol. The van der Waals surface area contributed by atoms with Crippen LogP contribution < -0.4 is 10.4 Å². The number of benzene rings is 2. The second-order valence-electron chi connectivity index (χ2n) is 4.98. The van der Waals surface area contributed by atoms with E-state index in [1.807, 2.05) is 0 Å². The molecule has 0 aliphatic carbocycles. The minimum Gasteiger partial charge on any atom is -0.493 e. The fourth-order valence-corrected chi connectivity index (χ4v) is 2.21. The smallest absolute Gasteiger partial charge is 0.354 e. The third-order valence-corrected chi connectivity index (χ3v) is 3.40. The van der Waals surface area contributed by atoms with Crippen LogP contribution >= 0.6 is 0 Å². The van der Waals surface area contributed by atoms with E-state index in [9.17, 15) is 9.18 Å². The maximum absolute atomic E-state index is 12.8. The van der Waals surface area contributed by atoms with Gasteiger partial charge in [-0.1, -0.05) is 12.1 Å². The summed E-state index contributed by atoms with van der Waals surface area (Å²) in [7, 11) is 0. The molecule has 3 rings (SSSR count). The molecule has 1 heterocycles. The highest BCUT2D eigenvalue weighted by atomic mass is 19.1. The standard InChI is InChI=1S/C18H12FNO3/c19-15-3-1-12(2-4-15)7-8-22-16-5-6-17-13(10-16)9-14(11-20)18(21)23-17/h1-6,9-10H,7-8H2. The Morgan fingerprint density at radius 3 is 2.65 bits per heavy atom. The van der Waals surface area contributed by atoms with Crippen molar-refractivity contribution in [2.45, 2.75) is 6.42 Å². The van der Waals surface area contributed by atoms with E-state index < -0.39 is 5.63 Å². The molecule has 3 aromatic rings. The first-order valence-electron chi connectivity index (χ1n) is 7.01. The van der Waals surface area contributed by atoms with Crippen LogP contribution in [-0.4, -0.2) is 6.61 Å². The lowest BCUT2D eigenvalue weighted by atomic mass is 10.1. The molecule has 0 fully saturated rings. The number of nitrogens with zero attached hydrogens (tertiary/aromatic N) is 1. The normalized spacial score (nSPS) is 10.4. The minimum atomic E-state index is -0.648. The van der Waals surface area contributed by atoms with Crippen molar-refractivity contribution in [3.63, 3.8) is 0 Å². The predicted octanol–water partition coefficient (Wildman–Crippen LogP) is 3.43. The zero-order chi connectivity index (χ0) is 16.2. The summed E-state index contributed by atoms with van der Waals surface area (Å²) < 4.78 is 23.5. The van der Waals surface area contributed by atoms with E-state index in [4.69, 9.17) is 14.4 Å². The average molecular weight is 309 g/mol. The summed E-state index contributed by atoms with van der Waals surface area (Å²) >= 11 is 0. The molecule has 0 N–H and O–H groups in total. The molecule has 4 nitrogen and oxygen atoms in total. The van der Waals surface area contributed by atoms with Gasteiger partial charge in [0.25, 0.3) is 0 Å². The van der Waals surface area contributed by atoms with Gasteiger partial charge in [0.15, 0.2) is 0 Å². The van der Waals surface area contributed by atoms with Crippen LogP contribution in [-0.2, 0) is 6.42 Å². The molecule has 0 radical (unpaired) electrons. The van der Waals surface area contributed by atoms with E-state index in [2.05, 4.69) is 0 Å². The van der Waals surface area contributed by atoms with Crippen molar-refractivity contribution in [1.82, 2.24) is 0 Å². The average Bonchev–Trinajstić information content (AvgIpc) is 2.56. The van der Waals surface area contributed by atoms with Crippen molar-refractivity contribution < 1.29 is 13.5 Å². The summed E-state index contributed by atoms with van der Waals surface area (Å²) in [5.41, 5.74) is 0.691. The number of halogens is 1. The SMILES string of the molecule is N#Cc1cc2cc(OCCc3ccc(F)cc3)ccc2oc1=O. The van der Waals surface area contributed by atoms with Gasteiger partial charge in [-0.3, -0.25) is 0 Å². The van der Waals surface area contributed by atoms with E-state index in [1.54, 1.807) is 36.4 Å². The number of hydrogen-bond acceptors (Lipinski definition) is 4. The molecular weight excluding hydrogens is 297 g/mol. The summed E-state index contributed by atoms with van der Waals surface area (Å²) in [5, 5.41) is 9.49. The van der Waals surface area contributed by atoms with Crippen molar-refractivity contribution in [3.8, 4) is 11.8 Å². The molecule has 1 aromatic heterocycles. The molecular formula is C18H12FNO3. The molecule has 0 aliphatic rings. The summed E-state index contributed by atoms with van der Waals surface area (Å²) in [4.78, 5) is 11.5. The largest absolute Gasteiger partial charge is 0.493 e. The molecule has 0 atom stereocenters. The summed E-state index contributed by atoms with van der Waals surface area (Å²) in [6.45, 7) is 0.430. The topological polar surface area (TPSA) is 63.2 Å². The number of nitriles is 1. The third-order valence-electron chi connectivity index (χ3n) is 3.40. The Balaban J connectivity index is 1.73. The summed E-state index contributed by atoms with van der Waals surface area (Å²) in [6.07, 6.45) is 0.644. The van der Waals surface area contributed by atoms with Crippen LogP contribution in [0.5, 0.6) is 5.75 Å². The van der Waals surface area contributed by atoms with Crippen LogP contribution in [0.25, 0.3) is 11.0 Å². The Labute approximate surface area is 131 Å². The number of rotatable bonds is 4. The fourth-order valence-electron chi connectivity index (χ4n) is 2.21. The van der Waals surface area contributed by atoms with Gasteiger partial charge in [-0.05, 0) is 42.0 Å². The van der Waals surface area contributed by atoms with E-state index in [0.29, 0.717) is 29.7 Å². The molecule has 0 saturated heterocycles. The number of ether oxygens (including phenoxy) is 1. The van der Waals surface area contributed by atoms with E-state index in [-0.39, 0.29) is 11.4 Å². The van der Waals surface area contributed by atoms with E-state index in [1.165, 1.54) is 18.2 Å². The second kappa shape index (κ2) is 6.32. The molecule has 23 heavy (non-hydrogen) atoms. The zero-order valence-corrected chi connectivity index (χ0v) is 12.1. The van der Waals surface area contributed by atoms with Gasteiger partial charge in [0.2, 0.25) is 0 Å². The van der Waals surface area contributed by atoms with Crippen LogP contribution in [0.4, 0.5) is 4.39 Å². The van der Waals surface area contributed by atoms with Gasteiger partial charge >= 0.3 is 5.63 Å². The third kappa shape index (κ3) is 3.38. The maximum Gasteiger partial charge on any atom is 0.354 e. The summed E-state index contributed by atoms with van der Waals surface area (Å²) in [6, 6.07) is 14.6. The van der Waals surface area contributed by atoms with Gasteiger partial charge in [-0.15, -0.1) is 0 Å². The Morgan fingerprint density at radius 2 is 1.91 bits per heavy atom. The van der Waals surface area contributed by atoms with Crippen LogP contribution in [0.1, 0.15) is 11.1 Å². The van der Waals surface area contributed by atoms with Crippen LogP contribution in [0.15, 0.2) is 57.7 Å². The number of hydrogen-bond donors (Lipinski definition) is 0. The Kier molecular flexibility index (Phi) is 4.07. The minimum absolute atomic E-state index is 0.0408. The summed E-state index contributed by atoms with van der Waals surface area (Å²) in [5.74, 6) is 0.344. The predicted molar refractivity (Wildman–Crippen MR) is 82.8 cm³/mol. The van der Waals surface area contributed by atoms with Gasteiger partial charge in [-0.2, -0.15) is 5.26 Å². The van der Waals surface area contributed by atoms with Crippen LogP contribution in [0.3, 0.4) is 0 Å². The molecule has 0 spiro atoms. The van der Waals surface area contributed by atoms with Gasteiger partial charge in [0.05, 0.1) is 6.61 Å². The van der Waals surface area contributed by atoms with Crippen molar-refractivity contribution >= 4 is 11.0 Å². The van der Waals surface area contributed by atoms with Crippen molar-refractivity contribution in [3.05, 3.63) is 75.9 Å². The quantitative estimate of drug-likeness (QED) is 0.693. The molecule has 114 valence electrons. The highest BCUT2D eigenvalue weighted by Crippen LogP contribution is 2.20. The van der Waals surface area contributed by atoms with Crippen molar-refractivity contribution in [2.24, 2.45) is 0 Å². The molecule has 0 bridgehead atoms. The lowest BCUT2D eigenvalue weighted by molar-refractivity contribution is 0.322. The first-order valence-corrected chi connectivity index (χ1v) is 7.01.